The Morgan fingerprint density at radius 2 is 2.08 bits per heavy atom. The van der Waals surface area contributed by atoms with Gasteiger partial charge in [0.05, 0.1) is 13.2 Å². The number of fused-ring (bicyclic) bond motifs is 1. The smallest absolute Gasteiger partial charge is 0.325 e. The van der Waals surface area contributed by atoms with Gasteiger partial charge in [-0.2, -0.15) is 0 Å². The van der Waals surface area contributed by atoms with E-state index in [9.17, 15) is 14.3 Å². The van der Waals surface area contributed by atoms with Crippen molar-refractivity contribution >= 4 is 11.8 Å². The average molecular weight is 528 g/mol. The molecule has 0 bridgehead atoms. The van der Waals surface area contributed by atoms with Gasteiger partial charge in [-0.1, -0.05) is 26.3 Å². The Bertz CT molecular complexity index is 1120. The minimum atomic E-state index is -1.01. The number of likely N-dealkylation sites (tertiary alicyclic amines) is 1. The molecule has 2 aliphatic heterocycles. The van der Waals surface area contributed by atoms with Crippen LogP contribution in [0.3, 0.4) is 0 Å². The number of halogens is 1. The number of pyridine rings is 1. The summed E-state index contributed by atoms with van der Waals surface area (Å²) in [6.45, 7) is 8.80. The SMILES string of the molecule is COc1c(F)cc(C(C)C)cc1C(C(=O)O)N1CC[C@@H](OCCCCCc2nc3c(cc2C)CCCN3)C1. The number of unbranched alkanes of at least 4 members (excludes halogenated alkanes) is 2. The second-order valence-corrected chi connectivity index (χ2v) is 10.9. The summed E-state index contributed by atoms with van der Waals surface area (Å²) < 4.78 is 26.2. The van der Waals surface area contributed by atoms with Gasteiger partial charge >= 0.3 is 5.97 Å². The first-order chi connectivity index (χ1) is 18.3. The monoisotopic (exact) mass is 527 g/mol. The Labute approximate surface area is 225 Å². The van der Waals surface area contributed by atoms with Crippen LogP contribution in [0.25, 0.3) is 0 Å². The van der Waals surface area contributed by atoms with Crippen molar-refractivity contribution in [3.05, 3.63) is 52.0 Å². The molecule has 1 aromatic carbocycles. The maximum absolute atomic E-state index is 14.8. The van der Waals surface area contributed by atoms with Crippen LogP contribution < -0.4 is 10.1 Å². The van der Waals surface area contributed by atoms with Gasteiger partial charge in [-0.3, -0.25) is 9.69 Å². The van der Waals surface area contributed by atoms with Crippen molar-refractivity contribution < 1.29 is 23.8 Å². The molecule has 208 valence electrons. The standard InChI is InChI=1S/C30H42FN3O4/c1-19(2)22-16-24(28(37-4)25(31)17-22)27(30(35)36)34-13-11-23(18-34)38-14-7-5-6-10-26-20(3)15-21-9-8-12-32-29(21)33-26/h15-17,19,23,27H,5-14,18H2,1-4H3,(H,32,33)(H,35,36)/t23-,27?/m1/s1. The maximum atomic E-state index is 14.8. The average Bonchev–Trinajstić information content (AvgIpc) is 3.34. The van der Waals surface area contributed by atoms with Crippen molar-refractivity contribution in [1.82, 2.24) is 9.88 Å². The van der Waals surface area contributed by atoms with Gasteiger partial charge in [-0.15, -0.1) is 0 Å². The molecular formula is C30H42FN3O4. The summed E-state index contributed by atoms with van der Waals surface area (Å²) in [5, 5.41) is 13.5. The van der Waals surface area contributed by atoms with Crippen LogP contribution in [0.1, 0.15) is 85.9 Å². The van der Waals surface area contributed by atoms with Crippen molar-refractivity contribution in [1.29, 1.82) is 0 Å². The topological polar surface area (TPSA) is 83.9 Å². The van der Waals surface area contributed by atoms with E-state index in [2.05, 4.69) is 18.3 Å². The highest BCUT2D eigenvalue weighted by atomic mass is 19.1. The largest absolute Gasteiger partial charge is 0.493 e. The summed E-state index contributed by atoms with van der Waals surface area (Å²) in [6, 6.07) is 4.51. The number of carbonyl (C=O) groups is 1. The van der Waals surface area contributed by atoms with Crippen LogP contribution in [0.5, 0.6) is 5.75 Å². The second kappa shape index (κ2) is 12.9. The predicted molar refractivity (Wildman–Crippen MR) is 147 cm³/mol. The summed E-state index contributed by atoms with van der Waals surface area (Å²) in [5.41, 5.74) is 4.91. The number of rotatable bonds is 12. The van der Waals surface area contributed by atoms with E-state index in [-0.39, 0.29) is 17.8 Å². The molecule has 4 rings (SSSR count). The van der Waals surface area contributed by atoms with E-state index >= 15 is 0 Å². The van der Waals surface area contributed by atoms with E-state index < -0.39 is 17.8 Å². The number of anilines is 1. The van der Waals surface area contributed by atoms with E-state index in [1.54, 1.807) is 6.07 Å². The minimum absolute atomic E-state index is 0.00519. The first-order valence-corrected chi connectivity index (χ1v) is 14.0. The van der Waals surface area contributed by atoms with E-state index in [1.807, 2.05) is 18.7 Å². The predicted octanol–water partition coefficient (Wildman–Crippen LogP) is 5.65. The van der Waals surface area contributed by atoms with Crippen LogP contribution in [0.15, 0.2) is 18.2 Å². The van der Waals surface area contributed by atoms with Crippen LogP contribution in [-0.2, 0) is 22.4 Å². The maximum Gasteiger partial charge on any atom is 0.325 e. The fourth-order valence-corrected chi connectivity index (χ4v) is 5.61. The van der Waals surface area contributed by atoms with Crippen LogP contribution in [-0.4, -0.2) is 60.4 Å². The quantitative estimate of drug-likeness (QED) is 0.345. The fraction of sp³-hybridized carbons (Fsp3) is 0.600. The third-order valence-corrected chi connectivity index (χ3v) is 7.76. The van der Waals surface area contributed by atoms with E-state index in [0.29, 0.717) is 25.3 Å². The molecule has 1 unspecified atom stereocenters. The number of carboxylic acids is 1. The third kappa shape index (κ3) is 6.64. The molecule has 3 heterocycles. The number of carboxylic acid groups (broad SMARTS) is 1. The Morgan fingerprint density at radius 3 is 2.82 bits per heavy atom. The van der Waals surface area contributed by atoms with Crippen LogP contribution in [0.4, 0.5) is 10.2 Å². The van der Waals surface area contributed by atoms with Crippen molar-refractivity contribution in [2.45, 2.75) is 83.8 Å². The number of hydrogen-bond acceptors (Lipinski definition) is 6. The Kier molecular flexibility index (Phi) is 9.60. The number of hydrogen-bond donors (Lipinski definition) is 2. The normalized spacial score (nSPS) is 18.3. The first-order valence-electron chi connectivity index (χ1n) is 14.0. The fourth-order valence-electron chi connectivity index (χ4n) is 5.61. The van der Waals surface area contributed by atoms with Crippen molar-refractivity contribution in [2.24, 2.45) is 0 Å². The zero-order chi connectivity index (χ0) is 27.2. The van der Waals surface area contributed by atoms with Crippen molar-refractivity contribution in [2.75, 3.05) is 38.7 Å². The summed E-state index contributed by atoms with van der Waals surface area (Å²) in [6.07, 6.45) is 7.03. The molecule has 0 amide bonds. The molecule has 0 aliphatic carbocycles. The van der Waals surface area contributed by atoms with Gasteiger partial charge in [-0.25, -0.2) is 9.37 Å². The number of ether oxygens (including phenoxy) is 2. The second-order valence-electron chi connectivity index (χ2n) is 10.9. The molecule has 38 heavy (non-hydrogen) atoms. The highest BCUT2D eigenvalue weighted by Crippen LogP contribution is 2.37. The molecule has 0 spiro atoms. The lowest BCUT2D eigenvalue weighted by molar-refractivity contribution is -0.143. The lowest BCUT2D eigenvalue weighted by atomic mass is 9.95. The first kappa shape index (κ1) is 28.3. The zero-order valence-corrected chi connectivity index (χ0v) is 23.2. The Balaban J connectivity index is 1.26. The van der Waals surface area contributed by atoms with Crippen LogP contribution >= 0.6 is 0 Å². The molecular weight excluding hydrogens is 485 g/mol. The Morgan fingerprint density at radius 1 is 1.26 bits per heavy atom. The molecule has 2 aromatic rings. The number of aryl methyl sites for hydroxylation is 3. The summed E-state index contributed by atoms with van der Waals surface area (Å²) in [7, 11) is 1.38. The third-order valence-electron chi connectivity index (χ3n) is 7.76. The summed E-state index contributed by atoms with van der Waals surface area (Å²) in [5.74, 6) is -0.399. The number of aromatic nitrogens is 1. The van der Waals surface area contributed by atoms with Gasteiger partial charge in [-0.05, 0) is 80.2 Å². The molecule has 8 heteroatoms. The van der Waals surface area contributed by atoms with Crippen molar-refractivity contribution in [3.8, 4) is 5.75 Å². The van der Waals surface area contributed by atoms with Crippen LogP contribution in [0.2, 0.25) is 0 Å². The van der Waals surface area contributed by atoms with E-state index in [4.69, 9.17) is 14.5 Å². The van der Waals surface area contributed by atoms with E-state index in [0.717, 1.165) is 56.5 Å². The number of nitrogens with one attached hydrogen (secondary N) is 1. The van der Waals surface area contributed by atoms with Gasteiger partial charge in [0.1, 0.15) is 11.9 Å². The number of benzene rings is 1. The molecule has 7 nitrogen and oxygen atoms in total. The molecule has 1 saturated heterocycles. The highest BCUT2D eigenvalue weighted by molar-refractivity contribution is 5.77. The van der Waals surface area contributed by atoms with Gasteiger partial charge in [0.2, 0.25) is 0 Å². The van der Waals surface area contributed by atoms with Gasteiger partial charge in [0.15, 0.2) is 11.6 Å². The molecule has 2 aliphatic rings. The number of aliphatic carboxylic acids is 1. The lowest BCUT2D eigenvalue weighted by Crippen LogP contribution is -2.34. The number of nitrogens with zero attached hydrogens (tertiary/aromatic N) is 2. The molecule has 2 atom stereocenters. The van der Waals surface area contributed by atoms with Gasteiger partial charge < -0.3 is 19.9 Å². The van der Waals surface area contributed by atoms with Crippen molar-refractivity contribution in [3.63, 3.8) is 0 Å². The Hall–Kier alpha value is -2.71. The summed E-state index contributed by atoms with van der Waals surface area (Å²) >= 11 is 0. The molecule has 1 fully saturated rings. The molecule has 2 N–H and O–H groups in total. The van der Waals surface area contributed by atoms with Gasteiger partial charge in [0, 0.05) is 37.5 Å². The lowest BCUT2D eigenvalue weighted by Gasteiger charge is -2.27. The van der Waals surface area contributed by atoms with Gasteiger partial charge in [0.25, 0.3) is 0 Å². The highest BCUT2D eigenvalue weighted by Gasteiger charge is 2.36. The zero-order valence-electron chi connectivity index (χ0n) is 23.2. The van der Waals surface area contributed by atoms with E-state index in [1.165, 1.54) is 36.4 Å². The minimum Gasteiger partial charge on any atom is -0.493 e. The molecule has 0 saturated carbocycles. The van der Waals surface area contributed by atoms with Crippen LogP contribution in [0, 0.1) is 12.7 Å². The number of methoxy groups -OCH3 is 1. The summed E-state index contributed by atoms with van der Waals surface area (Å²) in [4.78, 5) is 19.1. The molecule has 1 aromatic heterocycles. The molecule has 0 radical (unpaired) electrons.